The minimum atomic E-state index is -4.48. The zero-order valence-electron chi connectivity index (χ0n) is 22.2. The summed E-state index contributed by atoms with van der Waals surface area (Å²) in [7, 11) is 0. The number of rotatable bonds is 14. The van der Waals surface area contributed by atoms with Gasteiger partial charge in [0.2, 0.25) is 0 Å². The van der Waals surface area contributed by atoms with Gasteiger partial charge in [0, 0.05) is 29.9 Å². The lowest BCUT2D eigenvalue weighted by molar-refractivity contribution is -0.138. The van der Waals surface area contributed by atoms with E-state index >= 15 is 0 Å². The number of nitrogens with zero attached hydrogens (tertiary/aromatic N) is 2. The van der Waals surface area contributed by atoms with Gasteiger partial charge in [-0.1, -0.05) is 38.5 Å². The summed E-state index contributed by atoms with van der Waals surface area (Å²) in [5.41, 5.74) is 0.383. The number of nitrogens with one attached hydrogen (secondary N) is 2. The zero-order chi connectivity index (χ0) is 27.5. The summed E-state index contributed by atoms with van der Waals surface area (Å²) in [4.78, 5) is 6.47. The summed E-state index contributed by atoms with van der Waals surface area (Å²) in [6.07, 6.45) is 12.3. The van der Waals surface area contributed by atoms with Crippen LogP contribution in [0.5, 0.6) is 5.75 Å². The molecule has 0 amide bonds. The number of halogens is 3. The molecule has 204 valence electrons. The highest BCUT2D eigenvalue weighted by atomic mass is 32.1. The molecular weight excluding hydrogens is 497 g/mol. The lowest BCUT2D eigenvalue weighted by atomic mass is 10.1. The zero-order valence-corrected chi connectivity index (χ0v) is 23.0. The van der Waals surface area contributed by atoms with E-state index < -0.39 is 11.7 Å². The molecule has 0 atom stereocenters. The van der Waals surface area contributed by atoms with E-state index in [0.29, 0.717) is 17.2 Å². The first-order valence-corrected chi connectivity index (χ1v) is 13.4. The largest absolute Gasteiger partial charge is 0.493 e. The van der Waals surface area contributed by atoms with Gasteiger partial charge >= 0.3 is 6.18 Å². The van der Waals surface area contributed by atoms with Crippen molar-refractivity contribution in [3.05, 3.63) is 59.3 Å². The number of ether oxygens (including phenoxy) is 1. The number of hydrogen-bond acceptors (Lipinski definition) is 6. The van der Waals surface area contributed by atoms with Crippen molar-refractivity contribution >= 4 is 22.2 Å². The van der Waals surface area contributed by atoms with Crippen molar-refractivity contribution in [2.45, 2.75) is 59.6 Å². The van der Waals surface area contributed by atoms with Crippen LogP contribution in [0, 0.1) is 19.4 Å². The van der Waals surface area contributed by atoms with Gasteiger partial charge in [-0.15, -0.1) is 11.3 Å². The molecule has 0 aliphatic rings. The first kappa shape index (κ1) is 32.1. The molecule has 1 heterocycles. The molecule has 2 N–H and O–H groups in total. The van der Waals surface area contributed by atoms with Crippen LogP contribution in [0.25, 0.3) is 0 Å². The van der Waals surface area contributed by atoms with Crippen LogP contribution >= 0.6 is 11.3 Å². The number of terminal acetylenes is 1. The van der Waals surface area contributed by atoms with Crippen molar-refractivity contribution in [3.63, 3.8) is 0 Å². The second-order valence-electron chi connectivity index (χ2n) is 8.10. The van der Waals surface area contributed by atoms with Crippen molar-refractivity contribution < 1.29 is 17.9 Å². The third-order valence-corrected chi connectivity index (χ3v) is 5.91. The van der Waals surface area contributed by atoms with Gasteiger partial charge in [0.05, 0.1) is 17.9 Å². The lowest BCUT2D eigenvalue weighted by Gasteiger charge is -2.20. The number of hydrogen-bond donors (Lipinski definition) is 2. The highest BCUT2D eigenvalue weighted by Gasteiger charge is 2.34. The fraction of sp³-hybridized carbons (Fsp3) is 0.464. The number of aromatic nitrogens is 1. The van der Waals surface area contributed by atoms with Crippen LogP contribution in [0.4, 0.5) is 24.0 Å². The molecule has 37 heavy (non-hydrogen) atoms. The Bertz CT molecular complexity index is 996. The molecule has 0 spiro atoms. The standard InChI is InChI=1S/C19H26F3N3OS.C9H13N/c1-4-9-25(5-2)10-6-11-26-17-8-7-15(12-16(17)19(20,21)22)24-18-23-14(3)13-27-18;1-3-5-6-7-8-9-10-4-2/h7-8,12-13H,4-6,9-11H2,1-3H3,(H,23,24);2-3,5,8-10H,6-7H2,1H3/b;5-3-,9-8-. The van der Waals surface area contributed by atoms with Crippen LogP contribution in [0.1, 0.15) is 57.7 Å². The molecule has 5 nitrogen and oxygen atoms in total. The predicted molar refractivity (Wildman–Crippen MR) is 149 cm³/mol. The van der Waals surface area contributed by atoms with Crippen LogP contribution in [0.3, 0.4) is 0 Å². The molecule has 0 unspecified atom stereocenters. The molecule has 0 aliphatic heterocycles. The van der Waals surface area contributed by atoms with Crippen molar-refractivity contribution in [3.8, 4) is 18.2 Å². The average Bonchev–Trinajstić information content (AvgIpc) is 3.28. The van der Waals surface area contributed by atoms with Gasteiger partial charge in [0.15, 0.2) is 5.13 Å². The van der Waals surface area contributed by atoms with Crippen LogP contribution < -0.4 is 15.4 Å². The van der Waals surface area contributed by atoms with E-state index in [1.165, 1.54) is 17.4 Å². The number of aryl methyl sites for hydroxylation is 1. The summed E-state index contributed by atoms with van der Waals surface area (Å²) in [5, 5.41) is 7.96. The predicted octanol–water partition coefficient (Wildman–Crippen LogP) is 7.75. The normalized spacial score (nSPS) is 11.4. The van der Waals surface area contributed by atoms with E-state index in [9.17, 15) is 13.2 Å². The third kappa shape index (κ3) is 13.8. The van der Waals surface area contributed by atoms with Gasteiger partial charge in [-0.3, -0.25) is 0 Å². The molecule has 2 rings (SSSR count). The number of allylic oxidation sites excluding steroid dienone is 3. The maximum atomic E-state index is 13.4. The Morgan fingerprint density at radius 2 is 1.95 bits per heavy atom. The average molecular weight is 537 g/mol. The molecule has 0 radical (unpaired) electrons. The topological polar surface area (TPSA) is 49.4 Å². The monoisotopic (exact) mass is 536 g/mol. The Morgan fingerprint density at radius 3 is 2.54 bits per heavy atom. The van der Waals surface area contributed by atoms with E-state index in [1.54, 1.807) is 12.3 Å². The van der Waals surface area contributed by atoms with Gasteiger partial charge in [-0.05, 0) is 70.8 Å². The quantitative estimate of drug-likeness (QED) is 0.112. The fourth-order valence-corrected chi connectivity index (χ4v) is 3.96. The molecular formula is C28H39F3N4OS. The molecule has 9 heteroatoms. The molecule has 1 aromatic carbocycles. The van der Waals surface area contributed by atoms with E-state index in [1.807, 2.05) is 31.4 Å². The Balaban J connectivity index is 0.000000580. The molecule has 0 aliphatic carbocycles. The van der Waals surface area contributed by atoms with Crippen LogP contribution in [-0.4, -0.2) is 36.1 Å². The van der Waals surface area contributed by atoms with Gasteiger partial charge < -0.3 is 20.3 Å². The first-order valence-electron chi connectivity index (χ1n) is 12.5. The van der Waals surface area contributed by atoms with E-state index in [0.717, 1.165) is 50.7 Å². The van der Waals surface area contributed by atoms with Crippen molar-refractivity contribution in [1.82, 2.24) is 15.2 Å². The summed E-state index contributed by atoms with van der Waals surface area (Å²) >= 11 is 1.35. The van der Waals surface area contributed by atoms with Crippen molar-refractivity contribution in [1.29, 1.82) is 0 Å². The maximum absolute atomic E-state index is 13.4. The second-order valence-corrected chi connectivity index (χ2v) is 8.96. The van der Waals surface area contributed by atoms with Gasteiger partial charge in [0.1, 0.15) is 5.75 Å². The number of alkyl halides is 3. The Hall–Kier alpha value is -2.96. The molecule has 0 saturated carbocycles. The smallest absolute Gasteiger partial charge is 0.420 e. The summed E-state index contributed by atoms with van der Waals surface area (Å²) in [5.74, 6) is -0.137. The minimum Gasteiger partial charge on any atom is -0.493 e. The van der Waals surface area contributed by atoms with Gasteiger partial charge in [-0.2, -0.15) is 13.2 Å². The first-order chi connectivity index (χ1) is 17.7. The molecule has 0 fully saturated rings. The molecule has 0 bridgehead atoms. The molecule has 2 aromatic rings. The lowest BCUT2D eigenvalue weighted by Crippen LogP contribution is -2.26. The number of unbranched alkanes of at least 4 members (excludes halogenated alkanes) is 1. The van der Waals surface area contributed by atoms with Crippen LogP contribution in [0.2, 0.25) is 0 Å². The molecule has 1 aromatic heterocycles. The Morgan fingerprint density at radius 1 is 1.19 bits per heavy atom. The highest BCUT2D eigenvalue weighted by molar-refractivity contribution is 7.13. The van der Waals surface area contributed by atoms with E-state index in [4.69, 9.17) is 11.2 Å². The second kappa shape index (κ2) is 18.3. The third-order valence-electron chi connectivity index (χ3n) is 5.04. The van der Waals surface area contributed by atoms with Crippen molar-refractivity contribution in [2.75, 3.05) is 31.6 Å². The fourth-order valence-electron chi connectivity index (χ4n) is 3.25. The SMILES string of the molecule is C#CN/C=C\CC/C=C\C.CCCN(CC)CCCOc1ccc(Nc2nc(C)cs2)cc1C(F)(F)F. The minimum absolute atomic E-state index is 0.137. The molecule has 0 saturated heterocycles. The highest BCUT2D eigenvalue weighted by Crippen LogP contribution is 2.38. The summed E-state index contributed by atoms with van der Waals surface area (Å²) in [6.45, 7) is 11.0. The van der Waals surface area contributed by atoms with E-state index in [-0.39, 0.29) is 12.4 Å². The van der Waals surface area contributed by atoms with E-state index in [2.05, 4.69) is 46.5 Å². The number of benzene rings is 1. The summed E-state index contributed by atoms with van der Waals surface area (Å²) in [6, 6.07) is 6.33. The van der Waals surface area contributed by atoms with Gasteiger partial charge in [0.25, 0.3) is 0 Å². The Kier molecular flexibility index (Phi) is 15.9. The number of anilines is 2. The number of thiazole rings is 1. The van der Waals surface area contributed by atoms with Crippen LogP contribution in [0.15, 0.2) is 48.0 Å². The van der Waals surface area contributed by atoms with Crippen molar-refractivity contribution in [2.24, 2.45) is 0 Å². The summed E-state index contributed by atoms with van der Waals surface area (Å²) < 4.78 is 45.8. The van der Waals surface area contributed by atoms with Crippen LogP contribution in [-0.2, 0) is 6.18 Å². The Labute approximate surface area is 223 Å². The maximum Gasteiger partial charge on any atom is 0.420 e. The van der Waals surface area contributed by atoms with Gasteiger partial charge in [-0.25, -0.2) is 4.98 Å².